The first kappa shape index (κ1) is 10.2. The average molecular weight is 117 g/mol. The van der Waals surface area contributed by atoms with Crippen molar-refractivity contribution in [3.05, 3.63) is 0 Å². The zero-order chi connectivity index (χ0) is 6.99. The van der Waals surface area contributed by atoms with Crippen LogP contribution >= 0.6 is 0 Å². The van der Waals surface area contributed by atoms with Gasteiger partial charge < -0.3 is 0 Å². The van der Waals surface area contributed by atoms with Crippen LogP contribution in [0.2, 0.25) is 0 Å². The van der Waals surface area contributed by atoms with Crippen LogP contribution in [0.25, 0.3) is 0 Å². The minimum atomic E-state index is -0.329. The summed E-state index contributed by atoms with van der Waals surface area (Å²) >= 11 is 0. The second-order valence-electron chi connectivity index (χ2n) is 0.818. The highest BCUT2D eigenvalue weighted by Gasteiger charge is 1.79. The highest BCUT2D eigenvalue weighted by atomic mass is 16.2. The lowest BCUT2D eigenvalue weighted by atomic mass is 10.7. The molecular formula is C5H11NO2. The number of rotatable bonds is 1. The van der Waals surface area contributed by atoms with Crippen LogP contribution < -0.4 is 5.32 Å². The molecule has 0 saturated carbocycles. The summed E-state index contributed by atoms with van der Waals surface area (Å²) in [5.74, 6) is -0.329. The third-order valence-electron chi connectivity index (χ3n) is 0.262. The van der Waals surface area contributed by atoms with Crippen LogP contribution in [-0.4, -0.2) is 12.3 Å². The second kappa shape index (κ2) is 9.46. The lowest BCUT2D eigenvalue weighted by Crippen LogP contribution is -2.16. The van der Waals surface area contributed by atoms with Gasteiger partial charge in [0.05, 0.1) is 0 Å². The molecule has 0 aromatic rings. The second-order valence-corrected chi connectivity index (χ2v) is 0.818. The van der Waals surface area contributed by atoms with E-state index in [4.69, 9.17) is 0 Å². The molecule has 0 spiro atoms. The highest BCUT2D eigenvalue weighted by molar-refractivity contribution is 5.83. The van der Waals surface area contributed by atoms with E-state index < -0.39 is 0 Å². The molecule has 0 unspecified atom stereocenters. The van der Waals surface area contributed by atoms with Gasteiger partial charge in [0, 0.05) is 6.92 Å². The van der Waals surface area contributed by atoms with Crippen molar-refractivity contribution in [3.8, 4) is 0 Å². The topological polar surface area (TPSA) is 46.2 Å². The van der Waals surface area contributed by atoms with Gasteiger partial charge in [-0.1, -0.05) is 13.8 Å². The van der Waals surface area contributed by atoms with Crippen molar-refractivity contribution in [2.45, 2.75) is 20.8 Å². The highest BCUT2D eigenvalue weighted by Crippen LogP contribution is 1.47. The Kier molecular flexibility index (Phi) is 12.1. The van der Waals surface area contributed by atoms with Crippen molar-refractivity contribution in [2.24, 2.45) is 0 Å². The number of hydrogen-bond acceptors (Lipinski definition) is 2. The largest absolute Gasteiger partial charge is 0.299 e. The SMILES string of the molecule is CC.CC(=O)NC=O. The van der Waals surface area contributed by atoms with Crippen molar-refractivity contribution in [3.63, 3.8) is 0 Å². The van der Waals surface area contributed by atoms with Crippen molar-refractivity contribution in [1.29, 1.82) is 0 Å². The van der Waals surface area contributed by atoms with E-state index in [-0.39, 0.29) is 5.91 Å². The lowest BCUT2D eigenvalue weighted by Gasteiger charge is -1.79. The van der Waals surface area contributed by atoms with Gasteiger partial charge in [-0.25, -0.2) is 0 Å². The molecule has 0 aliphatic rings. The van der Waals surface area contributed by atoms with E-state index in [2.05, 4.69) is 0 Å². The van der Waals surface area contributed by atoms with E-state index in [1.165, 1.54) is 6.92 Å². The fourth-order valence-corrected chi connectivity index (χ4v) is 0.0830. The number of carbonyl (C=O) groups is 2. The van der Waals surface area contributed by atoms with E-state index in [1.54, 1.807) is 0 Å². The molecule has 3 heteroatoms. The Hall–Kier alpha value is -0.860. The van der Waals surface area contributed by atoms with Crippen LogP contribution in [0, 0.1) is 0 Å². The fraction of sp³-hybridized carbons (Fsp3) is 0.600. The Morgan fingerprint density at radius 2 is 1.88 bits per heavy atom. The summed E-state index contributed by atoms with van der Waals surface area (Å²) in [6.45, 7) is 5.27. The van der Waals surface area contributed by atoms with Crippen LogP contribution in [0.3, 0.4) is 0 Å². The molecule has 0 rings (SSSR count). The summed E-state index contributed by atoms with van der Waals surface area (Å²) in [5, 5.41) is 1.89. The Labute approximate surface area is 49.1 Å². The third kappa shape index (κ3) is 19.2. The summed E-state index contributed by atoms with van der Waals surface area (Å²) in [6.07, 6.45) is 0.350. The van der Waals surface area contributed by atoms with Crippen LogP contribution in [0.4, 0.5) is 0 Å². The van der Waals surface area contributed by atoms with E-state index in [9.17, 15) is 9.59 Å². The van der Waals surface area contributed by atoms with E-state index in [0.717, 1.165) is 0 Å². The summed E-state index contributed by atoms with van der Waals surface area (Å²) in [4.78, 5) is 19.0. The molecule has 2 amide bonds. The van der Waals surface area contributed by atoms with Gasteiger partial charge in [-0.2, -0.15) is 0 Å². The lowest BCUT2D eigenvalue weighted by molar-refractivity contribution is -0.123. The number of imide groups is 1. The molecule has 0 saturated heterocycles. The molecule has 0 bridgehead atoms. The Bertz CT molecular complexity index is 70.8. The molecule has 0 aliphatic heterocycles. The molecule has 0 aliphatic carbocycles. The molecule has 3 nitrogen and oxygen atoms in total. The summed E-state index contributed by atoms with van der Waals surface area (Å²) in [6, 6.07) is 0. The minimum absolute atomic E-state index is 0.329. The van der Waals surface area contributed by atoms with Crippen LogP contribution in [0.5, 0.6) is 0 Å². The molecule has 1 N–H and O–H groups in total. The van der Waals surface area contributed by atoms with Gasteiger partial charge in [0.25, 0.3) is 0 Å². The van der Waals surface area contributed by atoms with Gasteiger partial charge in [-0.15, -0.1) is 0 Å². The summed E-state index contributed by atoms with van der Waals surface area (Å²) in [7, 11) is 0. The number of hydrogen-bond donors (Lipinski definition) is 1. The quantitative estimate of drug-likeness (QED) is 0.502. The number of nitrogens with one attached hydrogen (secondary N) is 1. The van der Waals surface area contributed by atoms with Gasteiger partial charge in [0.1, 0.15) is 0 Å². The normalized spacial score (nSPS) is 5.88. The maximum absolute atomic E-state index is 9.70. The molecule has 0 heterocycles. The predicted octanol–water partition coefficient (Wildman–Crippen LogP) is 0.305. The summed E-state index contributed by atoms with van der Waals surface area (Å²) in [5.41, 5.74) is 0. The standard InChI is InChI=1S/C3H5NO2.C2H6/c1-3(6)4-2-5;1-2/h2H,1H3,(H,4,5,6);1-2H3. The van der Waals surface area contributed by atoms with Crippen LogP contribution in [0.1, 0.15) is 20.8 Å². The number of carbonyl (C=O) groups excluding carboxylic acids is 2. The van der Waals surface area contributed by atoms with Gasteiger partial charge in [0.2, 0.25) is 12.3 Å². The Balaban J connectivity index is 0. The van der Waals surface area contributed by atoms with Gasteiger partial charge >= 0.3 is 0 Å². The molecule has 0 atom stereocenters. The molecule has 48 valence electrons. The Morgan fingerprint density at radius 1 is 1.50 bits per heavy atom. The maximum Gasteiger partial charge on any atom is 0.223 e. The van der Waals surface area contributed by atoms with Gasteiger partial charge in [0.15, 0.2) is 0 Å². The molecule has 8 heavy (non-hydrogen) atoms. The fourth-order valence-electron chi connectivity index (χ4n) is 0.0830. The smallest absolute Gasteiger partial charge is 0.223 e. The first-order chi connectivity index (χ1) is 3.77. The molecule has 0 fully saturated rings. The van der Waals surface area contributed by atoms with Crippen LogP contribution in [-0.2, 0) is 9.59 Å². The average Bonchev–Trinajstić information content (AvgIpc) is 1.72. The molecule has 0 radical (unpaired) electrons. The van der Waals surface area contributed by atoms with Crippen molar-refractivity contribution < 1.29 is 9.59 Å². The van der Waals surface area contributed by atoms with E-state index in [1.807, 2.05) is 19.2 Å². The van der Waals surface area contributed by atoms with Crippen molar-refractivity contribution in [1.82, 2.24) is 5.32 Å². The first-order valence-electron chi connectivity index (χ1n) is 2.48. The minimum Gasteiger partial charge on any atom is -0.299 e. The predicted molar refractivity (Wildman–Crippen MR) is 31.2 cm³/mol. The molecule has 0 aromatic carbocycles. The Morgan fingerprint density at radius 3 is 1.88 bits per heavy atom. The zero-order valence-corrected chi connectivity index (χ0v) is 5.39. The van der Waals surface area contributed by atoms with Gasteiger partial charge in [-0.3, -0.25) is 14.9 Å². The monoisotopic (exact) mass is 117 g/mol. The maximum atomic E-state index is 9.70. The van der Waals surface area contributed by atoms with E-state index >= 15 is 0 Å². The third-order valence-corrected chi connectivity index (χ3v) is 0.262. The first-order valence-corrected chi connectivity index (χ1v) is 2.48. The van der Waals surface area contributed by atoms with Crippen LogP contribution in [0.15, 0.2) is 0 Å². The molecular weight excluding hydrogens is 106 g/mol. The zero-order valence-electron chi connectivity index (χ0n) is 5.39. The van der Waals surface area contributed by atoms with Crippen molar-refractivity contribution in [2.75, 3.05) is 0 Å². The van der Waals surface area contributed by atoms with E-state index in [0.29, 0.717) is 6.41 Å². The number of amides is 2. The van der Waals surface area contributed by atoms with Gasteiger partial charge in [-0.05, 0) is 0 Å². The summed E-state index contributed by atoms with van der Waals surface area (Å²) < 4.78 is 0. The van der Waals surface area contributed by atoms with Crippen molar-refractivity contribution >= 4 is 12.3 Å². The molecule has 0 aromatic heterocycles.